The molecule has 1 saturated carbocycles. The maximum Gasteiger partial charge on any atom is 0.292 e. The van der Waals surface area contributed by atoms with Crippen molar-refractivity contribution in [1.82, 2.24) is 4.98 Å². The van der Waals surface area contributed by atoms with Crippen molar-refractivity contribution in [1.29, 1.82) is 0 Å². The van der Waals surface area contributed by atoms with E-state index in [0.29, 0.717) is 17.2 Å². The second-order valence-electron chi connectivity index (χ2n) is 4.35. The van der Waals surface area contributed by atoms with Gasteiger partial charge >= 0.3 is 0 Å². The van der Waals surface area contributed by atoms with Crippen LogP contribution in [0.4, 0.5) is 0 Å². The van der Waals surface area contributed by atoms with Gasteiger partial charge in [-0.1, -0.05) is 26.7 Å². The Morgan fingerprint density at radius 1 is 1.36 bits per heavy atom. The summed E-state index contributed by atoms with van der Waals surface area (Å²) in [5, 5.41) is 0.301. The zero-order valence-corrected chi connectivity index (χ0v) is 9.47. The standard InChI is InChI=1S/C11H16ClNO/c1-7(2)10-9(13-11(12)14-10)8-5-3-4-6-8/h7-8H,3-6H2,1-2H3. The molecule has 0 saturated heterocycles. The minimum atomic E-state index is 0.301. The molecule has 0 bridgehead atoms. The summed E-state index contributed by atoms with van der Waals surface area (Å²) in [7, 11) is 0. The molecule has 0 radical (unpaired) electrons. The molecule has 0 aliphatic heterocycles. The first-order valence-electron chi connectivity index (χ1n) is 5.34. The average molecular weight is 214 g/mol. The lowest BCUT2D eigenvalue weighted by Crippen LogP contribution is -1.98. The van der Waals surface area contributed by atoms with Gasteiger partial charge in [-0.3, -0.25) is 0 Å². The van der Waals surface area contributed by atoms with E-state index in [0.717, 1.165) is 11.5 Å². The third-order valence-electron chi connectivity index (χ3n) is 2.92. The van der Waals surface area contributed by atoms with E-state index in [1.54, 1.807) is 0 Å². The molecule has 2 rings (SSSR count). The number of hydrogen-bond acceptors (Lipinski definition) is 2. The summed E-state index contributed by atoms with van der Waals surface area (Å²) in [6.07, 6.45) is 5.10. The highest BCUT2D eigenvalue weighted by Gasteiger charge is 2.25. The molecule has 1 fully saturated rings. The SMILES string of the molecule is CC(C)c1oc(Cl)nc1C1CCCC1. The van der Waals surface area contributed by atoms with Crippen molar-refractivity contribution >= 4 is 11.6 Å². The number of hydrogen-bond donors (Lipinski definition) is 0. The maximum absolute atomic E-state index is 5.81. The Bertz CT molecular complexity index is 313. The molecule has 3 heteroatoms. The molecule has 1 heterocycles. The molecular weight excluding hydrogens is 198 g/mol. The van der Waals surface area contributed by atoms with E-state index in [1.807, 2.05) is 0 Å². The highest BCUT2D eigenvalue weighted by molar-refractivity contribution is 6.27. The number of halogens is 1. The van der Waals surface area contributed by atoms with E-state index in [9.17, 15) is 0 Å². The maximum atomic E-state index is 5.81. The zero-order chi connectivity index (χ0) is 10.1. The summed E-state index contributed by atoms with van der Waals surface area (Å²) in [5.41, 5.74) is 1.11. The highest BCUT2D eigenvalue weighted by Crippen LogP contribution is 2.38. The van der Waals surface area contributed by atoms with Crippen LogP contribution in [-0.4, -0.2) is 4.98 Å². The van der Waals surface area contributed by atoms with Crippen LogP contribution in [0.15, 0.2) is 4.42 Å². The van der Waals surface area contributed by atoms with Crippen LogP contribution in [0.25, 0.3) is 0 Å². The van der Waals surface area contributed by atoms with Crippen LogP contribution < -0.4 is 0 Å². The van der Waals surface area contributed by atoms with Crippen molar-refractivity contribution in [2.45, 2.75) is 51.4 Å². The Labute approximate surface area is 89.7 Å². The molecule has 0 atom stereocenters. The predicted octanol–water partition coefficient (Wildman–Crippen LogP) is 4.11. The molecule has 1 aromatic rings. The molecule has 78 valence electrons. The lowest BCUT2D eigenvalue weighted by atomic mass is 9.98. The van der Waals surface area contributed by atoms with E-state index in [4.69, 9.17) is 16.0 Å². The molecule has 0 amide bonds. The van der Waals surface area contributed by atoms with E-state index in [2.05, 4.69) is 18.8 Å². The van der Waals surface area contributed by atoms with Gasteiger partial charge < -0.3 is 4.42 Å². The largest absolute Gasteiger partial charge is 0.432 e. The van der Waals surface area contributed by atoms with Crippen LogP contribution in [0, 0.1) is 0 Å². The van der Waals surface area contributed by atoms with Crippen molar-refractivity contribution in [3.05, 3.63) is 16.8 Å². The summed E-state index contributed by atoms with van der Waals surface area (Å²) in [6, 6.07) is 0. The van der Waals surface area contributed by atoms with Crippen LogP contribution in [-0.2, 0) is 0 Å². The molecule has 1 aliphatic rings. The average Bonchev–Trinajstić information content (AvgIpc) is 2.70. The number of aromatic nitrogens is 1. The molecular formula is C11H16ClNO. The van der Waals surface area contributed by atoms with Crippen molar-refractivity contribution in [3.63, 3.8) is 0 Å². The molecule has 0 aromatic carbocycles. The fourth-order valence-corrected chi connectivity index (χ4v) is 2.40. The monoisotopic (exact) mass is 213 g/mol. The van der Waals surface area contributed by atoms with E-state index in [-0.39, 0.29) is 0 Å². The lowest BCUT2D eigenvalue weighted by Gasteiger charge is -2.08. The first kappa shape index (κ1) is 10.0. The minimum Gasteiger partial charge on any atom is -0.432 e. The van der Waals surface area contributed by atoms with Crippen LogP contribution in [0.5, 0.6) is 0 Å². The third-order valence-corrected chi connectivity index (χ3v) is 3.08. The van der Waals surface area contributed by atoms with Gasteiger partial charge in [0.1, 0.15) is 5.76 Å². The van der Waals surface area contributed by atoms with Crippen molar-refractivity contribution in [3.8, 4) is 0 Å². The van der Waals surface area contributed by atoms with Crippen LogP contribution in [0.1, 0.15) is 62.8 Å². The molecule has 14 heavy (non-hydrogen) atoms. The molecule has 1 aromatic heterocycles. The fraction of sp³-hybridized carbons (Fsp3) is 0.727. The second kappa shape index (κ2) is 3.93. The Balaban J connectivity index is 2.30. The molecule has 0 unspecified atom stereocenters. The van der Waals surface area contributed by atoms with Crippen molar-refractivity contribution in [2.24, 2.45) is 0 Å². The van der Waals surface area contributed by atoms with Gasteiger partial charge in [0, 0.05) is 11.8 Å². The van der Waals surface area contributed by atoms with Crippen LogP contribution >= 0.6 is 11.6 Å². The van der Waals surface area contributed by atoms with E-state index < -0.39 is 0 Å². The molecule has 1 aliphatic carbocycles. The number of oxazole rings is 1. The van der Waals surface area contributed by atoms with Gasteiger partial charge in [-0.05, 0) is 24.4 Å². The van der Waals surface area contributed by atoms with Gasteiger partial charge in [-0.25, -0.2) is 4.98 Å². The van der Waals surface area contributed by atoms with E-state index >= 15 is 0 Å². The Morgan fingerprint density at radius 2 is 2.00 bits per heavy atom. The molecule has 0 spiro atoms. The van der Waals surface area contributed by atoms with Gasteiger partial charge in [0.15, 0.2) is 0 Å². The quantitative estimate of drug-likeness (QED) is 0.739. The lowest BCUT2D eigenvalue weighted by molar-refractivity contribution is 0.476. The number of rotatable bonds is 2. The number of nitrogens with zero attached hydrogens (tertiary/aromatic N) is 1. The smallest absolute Gasteiger partial charge is 0.292 e. The zero-order valence-electron chi connectivity index (χ0n) is 8.72. The van der Waals surface area contributed by atoms with Gasteiger partial charge in [-0.15, -0.1) is 0 Å². The first-order valence-corrected chi connectivity index (χ1v) is 5.72. The van der Waals surface area contributed by atoms with Crippen LogP contribution in [0.2, 0.25) is 5.35 Å². The summed E-state index contributed by atoms with van der Waals surface area (Å²) in [5.74, 6) is 1.95. The molecule has 0 N–H and O–H groups in total. The van der Waals surface area contributed by atoms with Gasteiger partial charge in [0.05, 0.1) is 5.69 Å². The second-order valence-corrected chi connectivity index (χ2v) is 4.68. The minimum absolute atomic E-state index is 0.301. The summed E-state index contributed by atoms with van der Waals surface area (Å²) in [4.78, 5) is 4.31. The highest BCUT2D eigenvalue weighted by atomic mass is 35.5. The summed E-state index contributed by atoms with van der Waals surface area (Å²) in [6.45, 7) is 4.24. The fourth-order valence-electron chi connectivity index (χ4n) is 2.22. The first-order chi connectivity index (χ1) is 6.68. The van der Waals surface area contributed by atoms with Crippen molar-refractivity contribution in [2.75, 3.05) is 0 Å². The summed E-state index contributed by atoms with van der Waals surface area (Å²) < 4.78 is 5.44. The van der Waals surface area contributed by atoms with E-state index in [1.165, 1.54) is 25.7 Å². The van der Waals surface area contributed by atoms with Gasteiger partial charge in [-0.2, -0.15) is 0 Å². The topological polar surface area (TPSA) is 26.0 Å². The van der Waals surface area contributed by atoms with Crippen molar-refractivity contribution < 1.29 is 4.42 Å². The van der Waals surface area contributed by atoms with Crippen LogP contribution in [0.3, 0.4) is 0 Å². The summed E-state index contributed by atoms with van der Waals surface area (Å²) >= 11 is 5.81. The predicted molar refractivity (Wildman–Crippen MR) is 56.8 cm³/mol. The molecule has 2 nitrogen and oxygen atoms in total. The Morgan fingerprint density at radius 3 is 2.57 bits per heavy atom. The van der Waals surface area contributed by atoms with Gasteiger partial charge in [0.2, 0.25) is 0 Å². The normalized spacial score (nSPS) is 18.3. The third kappa shape index (κ3) is 1.81. The Kier molecular flexibility index (Phi) is 2.82. The van der Waals surface area contributed by atoms with Gasteiger partial charge in [0.25, 0.3) is 5.35 Å². The Hall–Kier alpha value is -0.500.